The molecule has 0 spiro atoms. The van der Waals surface area contributed by atoms with Crippen molar-refractivity contribution >= 4 is 22.8 Å². The van der Waals surface area contributed by atoms with E-state index in [1.54, 1.807) is 24.3 Å². The number of benzene rings is 1. The van der Waals surface area contributed by atoms with Crippen molar-refractivity contribution in [3.05, 3.63) is 40.2 Å². The minimum absolute atomic E-state index is 0.00907. The molecular formula is C19H22N6O8. The first kappa shape index (κ1) is 22.8. The number of fused-ring (bicyclic) bond motifs is 1. The molecule has 1 amide bonds. The average molecular weight is 462 g/mol. The van der Waals surface area contributed by atoms with E-state index in [9.17, 15) is 30.0 Å². The van der Waals surface area contributed by atoms with Gasteiger partial charge in [-0.3, -0.25) is 14.3 Å². The molecule has 1 aliphatic heterocycles. The largest absolute Gasteiger partial charge is 0.497 e. The van der Waals surface area contributed by atoms with Gasteiger partial charge in [-0.05, 0) is 24.3 Å². The fourth-order valence-electron chi connectivity index (χ4n) is 3.55. The zero-order chi connectivity index (χ0) is 23.9. The molecule has 4 rings (SSSR count). The minimum Gasteiger partial charge on any atom is -0.497 e. The van der Waals surface area contributed by atoms with E-state index in [4.69, 9.17) is 9.47 Å². The summed E-state index contributed by atoms with van der Waals surface area (Å²) in [5, 5.41) is 54.0. The van der Waals surface area contributed by atoms with Gasteiger partial charge in [0.15, 0.2) is 23.1 Å². The van der Waals surface area contributed by atoms with Gasteiger partial charge in [-0.2, -0.15) is 9.78 Å². The van der Waals surface area contributed by atoms with E-state index in [2.05, 4.69) is 20.7 Å². The lowest BCUT2D eigenvalue weighted by atomic mass is 9.98. The molecule has 1 fully saturated rings. The van der Waals surface area contributed by atoms with Crippen LogP contribution in [-0.4, -0.2) is 89.2 Å². The van der Waals surface area contributed by atoms with Crippen LogP contribution < -0.4 is 15.6 Å². The van der Waals surface area contributed by atoms with Gasteiger partial charge >= 0.3 is 0 Å². The standard InChI is InChI=1S/C19H22N6O8/c1-24-12-11(16(22-24)20-17(30)8-3-5-9(32-2)6-4-8)21-23-25(18(12)31)19-15(29)14(28)13(27)10(7-26)33-19/h3-6,10,13-15,19,26-29H,7H2,1-2H3,(H,20,22,30). The zero-order valence-electron chi connectivity index (χ0n) is 17.6. The lowest BCUT2D eigenvalue weighted by molar-refractivity contribution is -0.255. The number of aliphatic hydroxyl groups excluding tert-OH is 4. The summed E-state index contributed by atoms with van der Waals surface area (Å²) in [6.45, 7) is -0.668. The number of aryl methyl sites for hydroxylation is 1. The van der Waals surface area contributed by atoms with Crippen LogP contribution in [-0.2, 0) is 11.8 Å². The molecule has 14 nitrogen and oxygen atoms in total. The van der Waals surface area contributed by atoms with Gasteiger partial charge in [0, 0.05) is 12.6 Å². The molecule has 2 aromatic heterocycles. The second-order valence-corrected chi connectivity index (χ2v) is 7.41. The SMILES string of the molecule is COc1ccc(C(=O)Nc2nn(C)c3c(=O)n(C4OC(CO)C(O)C(O)C4O)nnc23)cc1. The van der Waals surface area contributed by atoms with Crippen LogP contribution >= 0.6 is 0 Å². The first-order valence-electron chi connectivity index (χ1n) is 9.85. The topological polar surface area (TPSA) is 194 Å². The highest BCUT2D eigenvalue weighted by atomic mass is 16.6. The molecule has 1 aromatic carbocycles. The Balaban J connectivity index is 1.67. The van der Waals surface area contributed by atoms with E-state index in [-0.39, 0.29) is 16.9 Å². The van der Waals surface area contributed by atoms with Crippen molar-refractivity contribution in [2.45, 2.75) is 30.6 Å². The number of carbonyl (C=O) groups excluding carboxylic acids is 1. The monoisotopic (exact) mass is 462 g/mol. The number of carbonyl (C=O) groups is 1. The molecule has 0 saturated carbocycles. The van der Waals surface area contributed by atoms with Gasteiger partial charge in [0.05, 0.1) is 13.7 Å². The molecule has 176 valence electrons. The quantitative estimate of drug-likeness (QED) is 0.275. The van der Waals surface area contributed by atoms with Gasteiger partial charge in [0.25, 0.3) is 11.5 Å². The maximum absolute atomic E-state index is 13.1. The van der Waals surface area contributed by atoms with E-state index >= 15 is 0 Å². The number of amides is 1. The number of aliphatic hydroxyl groups is 4. The van der Waals surface area contributed by atoms with E-state index in [0.29, 0.717) is 16.0 Å². The summed E-state index contributed by atoms with van der Waals surface area (Å²) in [6.07, 6.45) is -7.78. The van der Waals surface area contributed by atoms with Crippen LogP contribution in [0.3, 0.4) is 0 Å². The van der Waals surface area contributed by atoms with Crippen LogP contribution in [0.25, 0.3) is 11.0 Å². The van der Waals surface area contributed by atoms with Crippen molar-refractivity contribution in [2.75, 3.05) is 19.0 Å². The van der Waals surface area contributed by atoms with E-state index in [1.165, 1.54) is 18.8 Å². The number of ether oxygens (including phenoxy) is 2. The number of nitrogens with zero attached hydrogens (tertiary/aromatic N) is 5. The van der Waals surface area contributed by atoms with Crippen LogP contribution in [0.15, 0.2) is 29.1 Å². The molecule has 33 heavy (non-hydrogen) atoms. The van der Waals surface area contributed by atoms with Crippen molar-refractivity contribution in [3.63, 3.8) is 0 Å². The van der Waals surface area contributed by atoms with Crippen LogP contribution in [0.2, 0.25) is 0 Å². The second-order valence-electron chi connectivity index (χ2n) is 7.41. The number of hydrogen-bond donors (Lipinski definition) is 5. The summed E-state index contributed by atoms with van der Waals surface area (Å²) in [5.41, 5.74) is -0.543. The van der Waals surface area contributed by atoms with Gasteiger partial charge in [-0.25, -0.2) is 0 Å². The van der Waals surface area contributed by atoms with Crippen LogP contribution in [0.5, 0.6) is 5.75 Å². The lowest BCUT2D eigenvalue weighted by Crippen LogP contribution is -2.58. The van der Waals surface area contributed by atoms with Crippen molar-refractivity contribution in [1.82, 2.24) is 24.8 Å². The predicted octanol–water partition coefficient (Wildman–Crippen LogP) is -2.24. The Kier molecular flexibility index (Phi) is 6.09. The van der Waals surface area contributed by atoms with E-state index < -0.39 is 48.7 Å². The lowest BCUT2D eigenvalue weighted by Gasteiger charge is -2.39. The van der Waals surface area contributed by atoms with Gasteiger partial charge in [0.2, 0.25) is 0 Å². The van der Waals surface area contributed by atoms with Gasteiger partial charge in [-0.15, -0.1) is 5.10 Å². The second kappa shape index (κ2) is 8.84. The fourth-order valence-corrected chi connectivity index (χ4v) is 3.55. The molecule has 1 aliphatic rings. The summed E-state index contributed by atoms with van der Waals surface area (Å²) in [6, 6.07) is 6.34. The summed E-state index contributed by atoms with van der Waals surface area (Å²) >= 11 is 0. The van der Waals surface area contributed by atoms with E-state index in [0.717, 1.165) is 0 Å². The Morgan fingerprint density at radius 2 is 1.88 bits per heavy atom. The number of anilines is 1. The number of rotatable bonds is 5. The molecule has 1 saturated heterocycles. The summed E-state index contributed by atoms with van der Waals surface area (Å²) < 4.78 is 12.3. The Labute approximate surface area is 185 Å². The first-order valence-corrected chi connectivity index (χ1v) is 9.85. The Morgan fingerprint density at radius 1 is 1.18 bits per heavy atom. The maximum atomic E-state index is 13.1. The normalized spacial score (nSPS) is 25.2. The van der Waals surface area contributed by atoms with Crippen LogP contribution in [0.1, 0.15) is 16.6 Å². The third-order valence-corrected chi connectivity index (χ3v) is 5.37. The van der Waals surface area contributed by atoms with Crippen LogP contribution in [0, 0.1) is 0 Å². The fraction of sp³-hybridized carbons (Fsp3) is 0.421. The highest BCUT2D eigenvalue weighted by Gasteiger charge is 2.45. The molecular weight excluding hydrogens is 440 g/mol. The highest BCUT2D eigenvalue weighted by molar-refractivity contribution is 6.07. The molecule has 3 heterocycles. The zero-order valence-corrected chi connectivity index (χ0v) is 17.6. The molecule has 0 aliphatic carbocycles. The number of methoxy groups -OCH3 is 1. The molecule has 5 atom stereocenters. The molecule has 0 radical (unpaired) electrons. The molecule has 0 bridgehead atoms. The minimum atomic E-state index is -1.73. The van der Waals surface area contributed by atoms with Gasteiger partial charge < -0.3 is 35.2 Å². The maximum Gasteiger partial charge on any atom is 0.298 e. The molecule has 14 heteroatoms. The third kappa shape index (κ3) is 3.94. The Hall–Kier alpha value is -3.43. The van der Waals surface area contributed by atoms with Gasteiger partial charge in [-0.1, -0.05) is 5.21 Å². The van der Waals surface area contributed by atoms with Gasteiger partial charge in [0.1, 0.15) is 30.2 Å². The average Bonchev–Trinajstić information content (AvgIpc) is 3.14. The first-order chi connectivity index (χ1) is 15.8. The number of nitrogens with one attached hydrogen (secondary N) is 1. The number of aromatic nitrogens is 5. The Bertz CT molecular complexity index is 1220. The highest BCUT2D eigenvalue weighted by Crippen LogP contribution is 2.27. The van der Waals surface area contributed by atoms with Crippen molar-refractivity contribution < 1.29 is 34.7 Å². The summed E-state index contributed by atoms with van der Waals surface area (Å²) in [5.74, 6) is 0.0610. The van der Waals surface area contributed by atoms with Crippen molar-refractivity contribution in [2.24, 2.45) is 7.05 Å². The van der Waals surface area contributed by atoms with Crippen molar-refractivity contribution in [1.29, 1.82) is 0 Å². The molecule has 5 unspecified atom stereocenters. The molecule has 3 aromatic rings. The molecule has 5 N–H and O–H groups in total. The van der Waals surface area contributed by atoms with E-state index in [1.807, 2.05) is 0 Å². The summed E-state index contributed by atoms with van der Waals surface area (Å²) in [7, 11) is 2.96. The number of hydrogen-bond acceptors (Lipinski definition) is 11. The summed E-state index contributed by atoms with van der Waals surface area (Å²) in [4.78, 5) is 25.7. The Morgan fingerprint density at radius 3 is 2.52 bits per heavy atom. The van der Waals surface area contributed by atoms with Crippen LogP contribution in [0.4, 0.5) is 5.82 Å². The smallest absolute Gasteiger partial charge is 0.298 e. The predicted molar refractivity (Wildman–Crippen MR) is 111 cm³/mol. The van der Waals surface area contributed by atoms with Crippen molar-refractivity contribution in [3.8, 4) is 5.75 Å². The third-order valence-electron chi connectivity index (χ3n) is 5.37.